The van der Waals surface area contributed by atoms with E-state index in [0.29, 0.717) is 41.5 Å². The van der Waals surface area contributed by atoms with Crippen molar-refractivity contribution in [1.82, 2.24) is 4.90 Å². The zero-order valence-electron chi connectivity index (χ0n) is 19.1. The molecule has 9 heteroatoms. The summed E-state index contributed by atoms with van der Waals surface area (Å²) < 4.78 is 43.8. The third-order valence-electron chi connectivity index (χ3n) is 5.30. The van der Waals surface area contributed by atoms with E-state index in [4.69, 9.17) is 13.9 Å². The van der Waals surface area contributed by atoms with E-state index < -0.39 is 10.0 Å². The Balaban J connectivity index is 1.96. The van der Waals surface area contributed by atoms with Crippen molar-refractivity contribution >= 4 is 21.6 Å². The van der Waals surface area contributed by atoms with Crippen molar-refractivity contribution in [2.75, 3.05) is 38.7 Å². The number of methoxy groups -OCH3 is 2. The quantitative estimate of drug-likeness (QED) is 0.447. The summed E-state index contributed by atoms with van der Waals surface area (Å²) in [7, 11) is 0.543. The Kier molecular flexibility index (Phi) is 7.78. The van der Waals surface area contributed by atoms with Gasteiger partial charge in [0.25, 0.3) is 15.9 Å². The molecule has 1 heterocycles. The van der Waals surface area contributed by atoms with E-state index >= 15 is 0 Å². The average Bonchev–Trinajstić information content (AvgIpc) is 3.34. The summed E-state index contributed by atoms with van der Waals surface area (Å²) in [4.78, 5) is 15.0. The Hall–Kier alpha value is -3.30. The number of furan rings is 1. The Morgan fingerprint density at radius 3 is 2.48 bits per heavy atom. The predicted molar refractivity (Wildman–Crippen MR) is 125 cm³/mol. The maximum Gasteiger partial charge on any atom is 0.264 e. The molecule has 3 rings (SSSR count). The minimum absolute atomic E-state index is 0.00884. The van der Waals surface area contributed by atoms with Crippen LogP contribution in [-0.2, 0) is 21.3 Å². The molecule has 0 spiro atoms. The van der Waals surface area contributed by atoms with Crippen LogP contribution in [0.1, 0.15) is 21.7 Å². The van der Waals surface area contributed by atoms with Gasteiger partial charge in [0.1, 0.15) is 11.5 Å². The van der Waals surface area contributed by atoms with Crippen molar-refractivity contribution < 1.29 is 27.1 Å². The topological polar surface area (TPSA) is 89.3 Å². The van der Waals surface area contributed by atoms with E-state index in [1.165, 1.54) is 26.3 Å². The Morgan fingerprint density at radius 1 is 1.06 bits per heavy atom. The van der Waals surface area contributed by atoms with E-state index in [2.05, 4.69) is 0 Å². The van der Waals surface area contributed by atoms with Gasteiger partial charge >= 0.3 is 0 Å². The summed E-state index contributed by atoms with van der Waals surface area (Å²) in [5.74, 6) is 0.742. The van der Waals surface area contributed by atoms with Crippen molar-refractivity contribution in [2.45, 2.75) is 18.4 Å². The van der Waals surface area contributed by atoms with Gasteiger partial charge in [-0.05, 0) is 48.9 Å². The number of rotatable bonds is 10. The highest BCUT2D eigenvalue weighted by atomic mass is 32.2. The van der Waals surface area contributed by atoms with Gasteiger partial charge in [0.05, 0.1) is 37.1 Å². The van der Waals surface area contributed by atoms with Crippen LogP contribution in [-0.4, -0.2) is 53.6 Å². The van der Waals surface area contributed by atoms with E-state index in [1.807, 2.05) is 0 Å². The van der Waals surface area contributed by atoms with Crippen molar-refractivity contribution in [3.8, 4) is 5.75 Å². The van der Waals surface area contributed by atoms with Gasteiger partial charge in [-0.1, -0.05) is 18.2 Å². The van der Waals surface area contributed by atoms with E-state index in [9.17, 15) is 13.2 Å². The molecule has 2 aromatic carbocycles. The van der Waals surface area contributed by atoms with Crippen LogP contribution in [0.15, 0.2) is 70.2 Å². The Bertz CT molecular complexity index is 1190. The molecule has 176 valence electrons. The molecule has 1 aromatic heterocycles. The van der Waals surface area contributed by atoms with Crippen molar-refractivity contribution in [1.29, 1.82) is 0 Å². The van der Waals surface area contributed by atoms with Crippen LogP contribution in [0.3, 0.4) is 0 Å². The molecule has 0 bridgehead atoms. The highest BCUT2D eigenvalue weighted by Crippen LogP contribution is 2.31. The van der Waals surface area contributed by atoms with Gasteiger partial charge in [-0.25, -0.2) is 8.42 Å². The molecule has 33 heavy (non-hydrogen) atoms. The number of hydrogen-bond donors (Lipinski definition) is 0. The normalized spacial score (nSPS) is 11.3. The number of nitrogens with zero attached hydrogens (tertiary/aromatic N) is 2. The summed E-state index contributed by atoms with van der Waals surface area (Å²) in [5, 5.41) is 0. The summed E-state index contributed by atoms with van der Waals surface area (Å²) in [5.41, 5.74) is 1.36. The molecule has 0 saturated carbocycles. The van der Waals surface area contributed by atoms with Crippen LogP contribution in [0.4, 0.5) is 5.69 Å². The van der Waals surface area contributed by atoms with Crippen LogP contribution in [0, 0.1) is 6.92 Å². The number of ether oxygens (including phenoxy) is 2. The number of aryl methyl sites for hydroxylation is 1. The highest BCUT2D eigenvalue weighted by molar-refractivity contribution is 7.92. The van der Waals surface area contributed by atoms with Gasteiger partial charge in [-0.15, -0.1) is 0 Å². The van der Waals surface area contributed by atoms with Gasteiger partial charge in [0, 0.05) is 26.3 Å². The number of para-hydroxylation sites is 2. The number of carbonyl (C=O) groups is 1. The number of amides is 1. The molecular weight excluding hydrogens is 444 g/mol. The van der Waals surface area contributed by atoms with Crippen LogP contribution < -0.4 is 9.04 Å². The maximum absolute atomic E-state index is 13.4. The highest BCUT2D eigenvalue weighted by Gasteiger charge is 2.26. The third kappa shape index (κ3) is 5.37. The summed E-state index contributed by atoms with van der Waals surface area (Å²) in [6.07, 6.45) is 1.54. The first-order valence-electron chi connectivity index (χ1n) is 10.3. The maximum atomic E-state index is 13.4. The molecule has 0 radical (unpaired) electrons. The van der Waals surface area contributed by atoms with E-state index in [-0.39, 0.29) is 17.3 Å². The van der Waals surface area contributed by atoms with E-state index in [1.54, 1.807) is 67.7 Å². The molecule has 0 fully saturated rings. The minimum Gasteiger partial charge on any atom is -0.495 e. The molecule has 8 nitrogen and oxygen atoms in total. The fraction of sp³-hybridized carbons (Fsp3) is 0.292. The Morgan fingerprint density at radius 2 is 1.82 bits per heavy atom. The van der Waals surface area contributed by atoms with Gasteiger partial charge < -0.3 is 18.8 Å². The first-order valence-corrected chi connectivity index (χ1v) is 11.8. The number of anilines is 1. The van der Waals surface area contributed by atoms with Crippen LogP contribution in [0.2, 0.25) is 0 Å². The second kappa shape index (κ2) is 10.5. The second-order valence-corrected chi connectivity index (χ2v) is 9.39. The van der Waals surface area contributed by atoms with Crippen molar-refractivity contribution in [3.63, 3.8) is 0 Å². The molecule has 0 atom stereocenters. The molecule has 0 unspecified atom stereocenters. The SMILES string of the molecule is COCCN(Cc1ccco1)C(=O)c1cc(S(=O)(=O)N(C)c2ccccc2OC)ccc1C. The smallest absolute Gasteiger partial charge is 0.264 e. The van der Waals surface area contributed by atoms with Gasteiger partial charge in [0.2, 0.25) is 0 Å². The lowest BCUT2D eigenvalue weighted by molar-refractivity contribution is 0.0665. The molecular formula is C24H28N2O6S. The molecule has 0 aliphatic heterocycles. The zero-order chi connectivity index (χ0) is 24.0. The van der Waals surface area contributed by atoms with Crippen molar-refractivity contribution in [3.05, 3.63) is 77.7 Å². The number of benzene rings is 2. The third-order valence-corrected chi connectivity index (χ3v) is 7.07. The molecule has 1 amide bonds. The lowest BCUT2D eigenvalue weighted by atomic mass is 10.1. The minimum atomic E-state index is -3.95. The van der Waals surface area contributed by atoms with Gasteiger partial charge in [-0.2, -0.15) is 0 Å². The molecule has 3 aromatic rings. The molecule has 0 N–H and O–H groups in total. The number of carbonyl (C=O) groups excluding carboxylic acids is 1. The summed E-state index contributed by atoms with van der Waals surface area (Å²) >= 11 is 0. The Labute approximate surface area is 194 Å². The first kappa shape index (κ1) is 24.3. The molecule has 0 saturated heterocycles. The fourth-order valence-corrected chi connectivity index (χ4v) is 4.62. The summed E-state index contributed by atoms with van der Waals surface area (Å²) in [6, 6.07) is 14.9. The standard InChI is InChI=1S/C24H28N2O6S/c1-18-11-12-20(33(28,29)25(2)22-9-5-6-10-23(22)31-4)16-21(18)24(27)26(13-15-30-3)17-19-8-7-14-32-19/h5-12,14,16H,13,15,17H2,1-4H3. The number of sulfonamides is 1. The van der Waals surface area contributed by atoms with Gasteiger partial charge in [0.15, 0.2) is 0 Å². The lowest BCUT2D eigenvalue weighted by Crippen LogP contribution is -2.34. The predicted octanol–water partition coefficient (Wildman–Crippen LogP) is 3.71. The van der Waals surface area contributed by atoms with Crippen molar-refractivity contribution in [2.24, 2.45) is 0 Å². The van der Waals surface area contributed by atoms with E-state index in [0.717, 1.165) is 4.31 Å². The fourth-order valence-electron chi connectivity index (χ4n) is 3.38. The lowest BCUT2D eigenvalue weighted by Gasteiger charge is -2.24. The molecule has 0 aliphatic rings. The van der Waals surface area contributed by atoms with Gasteiger partial charge in [-0.3, -0.25) is 9.10 Å². The van der Waals surface area contributed by atoms with Crippen LogP contribution in [0.25, 0.3) is 0 Å². The average molecular weight is 473 g/mol. The number of hydrogen-bond acceptors (Lipinski definition) is 6. The van der Waals surface area contributed by atoms with Crippen LogP contribution >= 0.6 is 0 Å². The first-order chi connectivity index (χ1) is 15.8. The summed E-state index contributed by atoms with van der Waals surface area (Å²) in [6.45, 7) is 2.68. The molecule has 0 aliphatic carbocycles. The zero-order valence-corrected chi connectivity index (χ0v) is 20.0. The monoisotopic (exact) mass is 472 g/mol. The largest absolute Gasteiger partial charge is 0.495 e. The second-order valence-electron chi connectivity index (χ2n) is 7.42. The van der Waals surface area contributed by atoms with Crippen LogP contribution in [0.5, 0.6) is 5.75 Å².